The van der Waals surface area contributed by atoms with Crippen molar-refractivity contribution in [3.63, 3.8) is 0 Å². The van der Waals surface area contributed by atoms with Crippen molar-refractivity contribution in [2.45, 2.75) is 0 Å². The van der Waals surface area contributed by atoms with E-state index in [9.17, 15) is 0 Å². The molecule has 0 aliphatic carbocycles. The Morgan fingerprint density at radius 1 is 0.368 bits per heavy atom. The molecule has 0 bridgehead atoms. The van der Waals surface area contributed by atoms with Gasteiger partial charge in [0.05, 0.1) is 22.4 Å². The van der Waals surface area contributed by atoms with Gasteiger partial charge in [-0.25, -0.2) is 19.9 Å². The van der Waals surface area contributed by atoms with E-state index in [-0.39, 0.29) is 0 Å². The summed E-state index contributed by atoms with van der Waals surface area (Å²) in [5.41, 5.74) is 8.78. The summed E-state index contributed by atoms with van der Waals surface area (Å²) < 4.78 is 0. The molecular weight excluding hydrogens is 464 g/mol. The van der Waals surface area contributed by atoms with Crippen LogP contribution in [0.4, 0.5) is 0 Å². The van der Waals surface area contributed by atoms with Crippen molar-refractivity contribution >= 4 is 21.8 Å². The molecular formula is C34H22N4. The zero-order chi connectivity index (χ0) is 25.3. The number of pyridine rings is 2. The molecule has 7 aromatic rings. The molecule has 0 N–H and O–H groups in total. The van der Waals surface area contributed by atoms with E-state index in [0.717, 1.165) is 61.0 Å². The largest absolute Gasteiger partial charge is 0.245 e. The third-order valence-corrected chi connectivity index (χ3v) is 6.76. The van der Waals surface area contributed by atoms with E-state index < -0.39 is 0 Å². The van der Waals surface area contributed by atoms with E-state index >= 15 is 0 Å². The highest BCUT2D eigenvalue weighted by molar-refractivity contribution is 6.04. The van der Waals surface area contributed by atoms with Gasteiger partial charge in [-0.15, -0.1) is 0 Å². The Kier molecular flexibility index (Phi) is 5.41. The molecule has 0 aliphatic heterocycles. The van der Waals surface area contributed by atoms with Crippen LogP contribution in [0, 0.1) is 0 Å². The molecule has 0 atom stereocenters. The smallest absolute Gasteiger partial charge is 0.159 e. The van der Waals surface area contributed by atoms with Crippen molar-refractivity contribution in [2.24, 2.45) is 0 Å². The minimum absolute atomic E-state index is 0.687. The lowest BCUT2D eigenvalue weighted by Gasteiger charge is -2.09. The van der Waals surface area contributed by atoms with E-state index in [4.69, 9.17) is 9.97 Å². The molecule has 0 saturated carbocycles. The summed E-state index contributed by atoms with van der Waals surface area (Å²) in [5.74, 6) is 0.687. The fraction of sp³-hybridized carbons (Fsp3) is 0. The van der Waals surface area contributed by atoms with Gasteiger partial charge in [0.2, 0.25) is 0 Å². The van der Waals surface area contributed by atoms with Crippen molar-refractivity contribution < 1.29 is 0 Å². The molecule has 0 saturated heterocycles. The maximum atomic E-state index is 5.09. The summed E-state index contributed by atoms with van der Waals surface area (Å²) in [7, 11) is 0. The lowest BCUT2D eigenvalue weighted by Crippen LogP contribution is -1.92. The number of aromatic nitrogens is 4. The minimum atomic E-state index is 0.687. The molecule has 0 fully saturated rings. The molecule has 3 heterocycles. The van der Waals surface area contributed by atoms with Gasteiger partial charge in [0.25, 0.3) is 0 Å². The quantitative estimate of drug-likeness (QED) is 0.235. The number of nitrogens with zero attached hydrogens (tertiary/aromatic N) is 4. The van der Waals surface area contributed by atoms with Crippen molar-refractivity contribution in [1.82, 2.24) is 19.9 Å². The zero-order valence-electron chi connectivity index (χ0n) is 20.5. The first kappa shape index (κ1) is 22.0. The molecule has 4 aromatic carbocycles. The van der Waals surface area contributed by atoms with E-state index in [1.54, 1.807) is 0 Å². The van der Waals surface area contributed by atoms with Crippen LogP contribution in [0.2, 0.25) is 0 Å². The van der Waals surface area contributed by atoms with Gasteiger partial charge in [-0.3, -0.25) is 0 Å². The minimum Gasteiger partial charge on any atom is -0.245 e. The third kappa shape index (κ3) is 4.08. The Balaban J connectivity index is 1.29. The summed E-state index contributed by atoms with van der Waals surface area (Å²) in [6.45, 7) is 0. The first-order valence-electron chi connectivity index (χ1n) is 12.6. The van der Waals surface area contributed by atoms with Gasteiger partial charge in [-0.1, -0.05) is 103 Å². The summed E-state index contributed by atoms with van der Waals surface area (Å²) in [4.78, 5) is 19.4. The Labute approximate surface area is 220 Å². The fourth-order valence-corrected chi connectivity index (χ4v) is 4.77. The van der Waals surface area contributed by atoms with Gasteiger partial charge >= 0.3 is 0 Å². The van der Waals surface area contributed by atoms with Crippen LogP contribution in [0.1, 0.15) is 0 Å². The lowest BCUT2D eigenvalue weighted by molar-refractivity contribution is 1.18. The van der Waals surface area contributed by atoms with E-state index in [2.05, 4.69) is 82.8 Å². The Bertz CT molecular complexity index is 1900. The highest BCUT2D eigenvalue weighted by Gasteiger charge is 2.10. The summed E-state index contributed by atoms with van der Waals surface area (Å²) in [6, 6.07) is 41.2. The van der Waals surface area contributed by atoms with E-state index in [1.165, 1.54) is 0 Å². The van der Waals surface area contributed by atoms with Gasteiger partial charge in [-0.05, 0) is 23.8 Å². The van der Waals surface area contributed by atoms with Crippen LogP contribution in [-0.2, 0) is 0 Å². The molecule has 0 radical (unpaired) electrons. The monoisotopic (exact) mass is 486 g/mol. The Morgan fingerprint density at radius 2 is 0.868 bits per heavy atom. The normalized spacial score (nSPS) is 11.2. The number of rotatable bonds is 4. The lowest BCUT2D eigenvalue weighted by atomic mass is 10.0. The van der Waals surface area contributed by atoms with Crippen molar-refractivity contribution in [3.05, 3.63) is 134 Å². The molecule has 178 valence electrons. The van der Waals surface area contributed by atoms with Crippen LogP contribution in [0.15, 0.2) is 134 Å². The summed E-state index contributed by atoms with van der Waals surface area (Å²) >= 11 is 0. The standard InChI is InChI=1S/C34H22N4/c1-3-8-23(9-4-1)29-21-35-34(36-22-29)28-13-7-12-27(20-28)31-19-17-26-15-14-25-16-18-30(24-10-5-2-6-11-24)37-32(25)33(26)38-31/h1-22H. The van der Waals surface area contributed by atoms with Crippen molar-refractivity contribution in [1.29, 1.82) is 0 Å². The average Bonchev–Trinajstić information content (AvgIpc) is 3.01. The number of benzene rings is 4. The van der Waals surface area contributed by atoms with Gasteiger partial charge in [-0.2, -0.15) is 0 Å². The maximum absolute atomic E-state index is 5.09. The number of hydrogen-bond acceptors (Lipinski definition) is 4. The molecule has 4 heteroatoms. The number of hydrogen-bond donors (Lipinski definition) is 0. The van der Waals surface area contributed by atoms with Gasteiger partial charge in [0, 0.05) is 45.4 Å². The van der Waals surface area contributed by atoms with Gasteiger partial charge in [0.1, 0.15) is 0 Å². The molecule has 0 aliphatic rings. The van der Waals surface area contributed by atoms with Gasteiger partial charge < -0.3 is 0 Å². The van der Waals surface area contributed by atoms with Crippen LogP contribution in [-0.4, -0.2) is 19.9 Å². The number of fused-ring (bicyclic) bond motifs is 3. The highest BCUT2D eigenvalue weighted by Crippen LogP contribution is 2.30. The van der Waals surface area contributed by atoms with Crippen LogP contribution < -0.4 is 0 Å². The molecule has 0 spiro atoms. The predicted octanol–water partition coefficient (Wildman–Crippen LogP) is 8.24. The second kappa shape index (κ2) is 9.34. The maximum Gasteiger partial charge on any atom is 0.159 e. The van der Waals surface area contributed by atoms with Crippen LogP contribution in [0.3, 0.4) is 0 Å². The second-order valence-corrected chi connectivity index (χ2v) is 9.21. The SMILES string of the molecule is c1ccc(-c2cnc(-c3cccc(-c4ccc5ccc6ccc(-c7ccccc7)nc6c5n4)c3)nc2)cc1. The molecule has 0 amide bonds. The van der Waals surface area contributed by atoms with Crippen LogP contribution in [0.25, 0.3) is 66.8 Å². The van der Waals surface area contributed by atoms with E-state index in [0.29, 0.717) is 5.82 Å². The van der Waals surface area contributed by atoms with Gasteiger partial charge in [0.15, 0.2) is 5.82 Å². The fourth-order valence-electron chi connectivity index (χ4n) is 4.77. The van der Waals surface area contributed by atoms with Crippen LogP contribution in [0.5, 0.6) is 0 Å². The second-order valence-electron chi connectivity index (χ2n) is 9.21. The third-order valence-electron chi connectivity index (χ3n) is 6.76. The molecule has 38 heavy (non-hydrogen) atoms. The average molecular weight is 487 g/mol. The predicted molar refractivity (Wildman–Crippen MR) is 154 cm³/mol. The zero-order valence-corrected chi connectivity index (χ0v) is 20.5. The summed E-state index contributed by atoms with van der Waals surface area (Å²) in [5, 5.41) is 2.14. The van der Waals surface area contributed by atoms with Crippen molar-refractivity contribution in [2.75, 3.05) is 0 Å². The highest BCUT2D eigenvalue weighted by atomic mass is 14.9. The summed E-state index contributed by atoms with van der Waals surface area (Å²) in [6.07, 6.45) is 3.75. The Hall–Kier alpha value is -5.22. The van der Waals surface area contributed by atoms with Crippen LogP contribution >= 0.6 is 0 Å². The van der Waals surface area contributed by atoms with E-state index in [1.807, 2.05) is 60.9 Å². The molecule has 7 rings (SSSR count). The van der Waals surface area contributed by atoms with Crippen molar-refractivity contribution in [3.8, 4) is 45.0 Å². The Morgan fingerprint density at radius 3 is 1.50 bits per heavy atom. The molecule has 3 aromatic heterocycles. The first-order valence-corrected chi connectivity index (χ1v) is 12.6. The molecule has 4 nitrogen and oxygen atoms in total. The molecule has 0 unspecified atom stereocenters. The first-order chi connectivity index (χ1) is 18.8. The topological polar surface area (TPSA) is 51.6 Å².